The van der Waals surface area contributed by atoms with Crippen molar-refractivity contribution in [3.8, 4) is 0 Å². The van der Waals surface area contributed by atoms with Crippen LogP contribution in [-0.2, 0) is 26.2 Å². The summed E-state index contributed by atoms with van der Waals surface area (Å²) in [5, 5.41) is 50.0. The average Bonchev–Trinajstić information content (AvgIpc) is 1.54. The van der Waals surface area contributed by atoms with Crippen LogP contribution in [0.3, 0.4) is 0 Å². The van der Waals surface area contributed by atoms with Crippen molar-refractivity contribution < 1.29 is 109 Å². The maximum Gasteiger partial charge on any atom is 4.00 e. The van der Waals surface area contributed by atoms with Gasteiger partial charge in [0, 0.05) is 0 Å². The summed E-state index contributed by atoms with van der Waals surface area (Å²) in [6.07, 6.45) is -7.00. The molecule has 0 bridgehead atoms. The Kier molecular flexibility index (Phi) is 70.8. The minimum atomic E-state index is -2.33. The third-order valence-corrected chi connectivity index (χ3v) is 0. The van der Waals surface area contributed by atoms with Crippen LogP contribution >= 0.6 is 0 Å². The molecule has 0 saturated carbocycles. The first-order chi connectivity index (χ1) is 5.20. The predicted octanol–water partition coefficient (Wildman–Crippen LogP) is -13.3. The molecule has 0 aromatic heterocycles. The Morgan fingerprint density at radius 2 is 0.533 bits per heavy atom. The van der Waals surface area contributed by atoms with Crippen LogP contribution in [-0.4, -0.2) is 18.5 Å². The summed E-state index contributed by atoms with van der Waals surface area (Å²) in [7, 11) is 0. The summed E-state index contributed by atoms with van der Waals surface area (Å²) in [5.41, 5.74) is 0. The molecule has 72 valence electrons. The third kappa shape index (κ3) is 156000. The molecule has 0 rings (SSSR count). The first kappa shape index (κ1) is 36.4. The smallest absolute Gasteiger partial charge is 0.652 e. The second kappa shape index (κ2) is 29.2. The fourth-order valence-corrected chi connectivity index (χ4v) is 0. The van der Waals surface area contributed by atoms with Gasteiger partial charge in [-0.2, -0.15) is 0 Å². The Bertz CT molecular complexity index is 121. The number of hydrogen-bond donors (Lipinski definition) is 0. The minimum Gasteiger partial charge on any atom is -0.652 e. The zero-order chi connectivity index (χ0) is 10.7. The quantitative estimate of drug-likeness (QED) is 0.388. The van der Waals surface area contributed by atoms with Crippen LogP contribution in [0.4, 0.5) is 14.4 Å². The first-order valence-electron chi connectivity index (χ1n) is 1.84. The zero-order valence-corrected chi connectivity index (χ0v) is 10.1. The molecule has 0 heterocycles. The van der Waals surface area contributed by atoms with Crippen LogP contribution in [0.15, 0.2) is 0 Å². The van der Waals surface area contributed by atoms with E-state index in [2.05, 4.69) is 0 Å². The molecular formula is C3Li2O9Zr. The van der Waals surface area contributed by atoms with Gasteiger partial charge in [-0.1, -0.05) is 0 Å². The Hall–Kier alpha value is -0.112. The number of carbonyl (C=O) groups is 3. The topological polar surface area (TPSA) is 190 Å². The van der Waals surface area contributed by atoms with Gasteiger partial charge in [0.15, 0.2) is 0 Å². The van der Waals surface area contributed by atoms with Crippen molar-refractivity contribution in [2.24, 2.45) is 0 Å². The maximum atomic E-state index is 8.33. The van der Waals surface area contributed by atoms with Gasteiger partial charge in [-0.3, -0.25) is 0 Å². The fourth-order valence-electron chi connectivity index (χ4n) is 0. The van der Waals surface area contributed by atoms with Gasteiger partial charge in [0.1, 0.15) is 0 Å². The molecule has 12 heteroatoms. The van der Waals surface area contributed by atoms with E-state index in [1.807, 2.05) is 0 Å². The van der Waals surface area contributed by atoms with Crippen molar-refractivity contribution in [1.82, 2.24) is 0 Å². The van der Waals surface area contributed by atoms with Crippen LogP contribution in [0.1, 0.15) is 0 Å². The van der Waals surface area contributed by atoms with E-state index in [9.17, 15) is 0 Å². The first-order valence-corrected chi connectivity index (χ1v) is 1.84. The molecule has 0 saturated heterocycles. The summed E-state index contributed by atoms with van der Waals surface area (Å²) in [6.45, 7) is 0. The maximum absolute atomic E-state index is 8.33. The van der Waals surface area contributed by atoms with E-state index >= 15 is 0 Å². The zero-order valence-electron chi connectivity index (χ0n) is 7.67. The van der Waals surface area contributed by atoms with E-state index in [1.54, 1.807) is 0 Å². The number of rotatable bonds is 0. The van der Waals surface area contributed by atoms with Gasteiger partial charge in [0.05, 0.1) is 0 Å². The molecule has 0 radical (unpaired) electrons. The van der Waals surface area contributed by atoms with Crippen molar-refractivity contribution in [3.63, 3.8) is 0 Å². The van der Waals surface area contributed by atoms with E-state index in [1.165, 1.54) is 0 Å². The van der Waals surface area contributed by atoms with Crippen molar-refractivity contribution in [2.75, 3.05) is 0 Å². The third-order valence-electron chi connectivity index (χ3n) is 0. The largest absolute Gasteiger partial charge is 4.00 e. The summed E-state index contributed by atoms with van der Waals surface area (Å²) in [5.74, 6) is 0. The monoisotopic (exact) mass is 284 g/mol. The van der Waals surface area contributed by atoms with E-state index in [-0.39, 0.29) is 63.9 Å². The summed E-state index contributed by atoms with van der Waals surface area (Å²) >= 11 is 0. The van der Waals surface area contributed by atoms with E-state index in [4.69, 9.17) is 45.0 Å². The Labute approximate surface area is 127 Å². The normalized spacial score (nSPS) is 4.80. The summed E-state index contributed by atoms with van der Waals surface area (Å²) < 4.78 is 0. The molecule has 0 amide bonds. The van der Waals surface area contributed by atoms with Gasteiger partial charge in [0.2, 0.25) is 0 Å². The van der Waals surface area contributed by atoms with Crippen molar-refractivity contribution in [3.05, 3.63) is 0 Å². The number of carboxylic acid groups (broad SMARTS) is 6. The molecule has 0 aliphatic rings. The molecule has 0 atom stereocenters. The molecule has 9 nitrogen and oxygen atoms in total. The molecule has 0 aromatic rings. The Balaban J connectivity index is -0.0000000184. The van der Waals surface area contributed by atoms with Crippen molar-refractivity contribution >= 4 is 18.5 Å². The van der Waals surface area contributed by atoms with Crippen molar-refractivity contribution in [2.45, 2.75) is 0 Å². The molecule has 0 spiro atoms. The van der Waals surface area contributed by atoms with Crippen LogP contribution in [0.5, 0.6) is 0 Å². The average molecular weight is 285 g/mol. The molecule has 15 heavy (non-hydrogen) atoms. The van der Waals surface area contributed by atoms with E-state index < -0.39 is 18.5 Å². The fraction of sp³-hybridized carbons (Fsp3) is 0. The molecule has 0 fully saturated rings. The van der Waals surface area contributed by atoms with E-state index in [0.29, 0.717) is 0 Å². The van der Waals surface area contributed by atoms with Crippen LogP contribution in [0.25, 0.3) is 0 Å². The Morgan fingerprint density at radius 1 is 0.533 bits per heavy atom. The number of carbonyl (C=O) groups excluding carboxylic acids is 3. The molecular weight excluding hydrogens is 285 g/mol. The molecule has 0 N–H and O–H groups in total. The van der Waals surface area contributed by atoms with Crippen molar-refractivity contribution in [1.29, 1.82) is 0 Å². The van der Waals surface area contributed by atoms with Gasteiger partial charge in [-0.05, 0) is 18.5 Å². The van der Waals surface area contributed by atoms with E-state index in [0.717, 1.165) is 0 Å². The number of hydrogen-bond acceptors (Lipinski definition) is 9. The SMILES string of the molecule is O=C([O-])[O-].O=C([O-])[O-].O=C([O-])[O-].[Li+].[Li+].[Zr+4]. The summed E-state index contributed by atoms with van der Waals surface area (Å²) in [4.78, 5) is 25.0. The molecule has 0 unspecified atom stereocenters. The molecule has 0 aromatic carbocycles. The van der Waals surface area contributed by atoms with Gasteiger partial charge in [0.25, 0.3) is 0 Å². The van der Waals surface area contributed by atoms with Crippen LogP contribution in [0.2, 0.25) is 0 Å². The predicted molar refractivity (Wildman–Crippen MR) is 16.2 cm³/mol. The summed E-state index contributed by atoms with van der Waals surface area (Å²) in [6, 6.07) is 0. The Morgan fingerprint density at radius 3 is 0.533 bits per heavy atom. The molecule has 0 aliphatic heterocycles. The minimum absolute atomic E-state index is 0. The molecule has 0 aliphatic carbocycles. The van der Waals surface area contributed by atoms with Crippen LogP contribution in [0, 0.1) is 0 Å². The van der Waals surface area contributed by atoms with Crippen LogP contribution < -0.4 is 68.4 Å². The van der Waals surface area contributed by atoms with Gasteiger partial charge in [-0.25, -0.2) is 0 Å². The van der Waals surface area contributed by atoms with Gasteiger partial charge in [-0.15, -0.1) is 0 Å². The van der Waals surface area contributed by atoms with Gasteiger partial charge >= 0.3 is 63.9 Å². The van der Waals surface area contributed by atoms with Gasteiger partial charge < -0.3 is 45.0 Å². The second-order valence-corrected chi connectivity index (χ2v) is 0.750. The standard InChI is InChI=1S/3CH2O3.2Li.Zr/c3*2-1(3)4;;;/h3*(H2,2,3,4);;;/q;;;2*+1;+4/p-6. The second-order valence-electron chi connectivity index (χ2n) is 0.750.